The molecule has 59 heteroatoms. The molecule has 0 radical (unpaired) electrons. The standard InChI is InChI=1S/C82H143N29O28S2/c1-4-41(2)63(110-73(132)45(18-7-10-31-85)100-74(133)52(37-60(117)118)106-64(123)42(86)15-11-32-94-80(88)89)78(137)111-35-14-21-56(111)77(136)105-50(24-27-59(115)116)69(128)103-49(23-26-58(113)114)71(130)108-54(39-62(121)122)76(135)101-47(20-13-34-96-82(92)93)67(126)98-46(19-12-33-95-81(90)91)66(125)97-43(16-5-8-29-83)65(124)104-51(28-36-141-3)72(131)102-48(22-25-57(87)112)70(129)107-53(38-61(119)120)75(134)99-44(17-6-9-30-84)68(127)109-55(40-140)79(138)139/h41-56,63,140H,4-40,83-86H2,1-3H3,(H2,87,112)(H,97,125)(H,98,126)(H,99,134)(H,100,133)(H,101,135)(H,102,131)(H,103,128)(H,104,124)(H,105,136)(H,106,123)(H,107,129)(H,108,130)(H,109,127)(H,110,132)(H,113,114)(H,115,116)(H,117,118)(H,119,120)(H,121,122)(H,138,139)(H4,88,89,94)(H4,90,91,95)(H4,92,93,96)/t41-,42-,43-,44-,45-,46-,47-,48-,49-,50-,51-,52-,53-,54-,55-,56-,63-/m0/s1. The minimum absolute atomic E-state index is 0.00401. The number of thioether (sulfide) groups is 1. The Morgan fingerprint density at radius 1 is 0.369 bits per heavy atom. The van der Waals surface area contributed by atoms with Gasteiger partial charge in [0.15, 0.2) is 17.9 Å². The van der Waals surface area contributed by atoms with Crippen LogP contribution in [0.4, 0.5) is 0 Å². The van der Waals surface area contributed by atoms with Crippen LogP contribution in [0.2, 0.25) is 0 Å². The molecule has 1 heterocycles. The lowest BCUT2D eigenvalue weighted by Crippen LogP contribution is -2.61. The number of nitrogens with zero attached hydrogens (tertiary/aromatic N) is 1. The van der Waals surface area contributed by atoms with Gasteiger partial charge in [0.05, 0.1) is 25.3 Å². The molecule has 16 amide bonds. The molecule has 0 aromatic rings. The molecule has 1 fully saturated rings. The van der Waals surface area contributed by atoms with E-state index in [1.165, 1.54) is 11.8 Å². The highest BCUT2D eigenvalue weighted by Crippen LogP contribution is 2.24. The first kappa shape index (κ1) is 126. The number of carbonyl (C=O) groups excluding carboxylic acids is 16. The van der Waals surface area contributed by atoms with E-state index in [2.05, 4.69) is 103 Å². The number of carboxylic acid groups (broad SMARTS) is 6. The summed E-state index contributed by atoms with van der Waals surface area (Å²) in [6.45, 7) is 3.18. The molecule has 17 atom stereocenters. The molecule has 0 bridgehead atoms. The third-order valence-electron chi connectivity index (χ3n) is 21.9. The number of nitrogens with one attached hydrogen (secondary N) is 20. The molecule has 0 unspecified atom stereocenters. The predicted molar refractivity (Wildman–Crippen MR) is 509 cm³/mol. The maximum atomic E-state index is 14.9. The molecule has 0 saturated carbocycles. The van der Waals surface area contributed by atoms with Gasteiger partial charge in [0.2, 0.25) is 94.5 Å². The molecule has 0 aromatic heterocycles. The Hall–Kier alpha value is -13.3. The third kappa shape index (κ3) is 51.4. The fourth-order valence-corrected chi connectivity index (χ4v) is 14.7. The van der Waals surface area contributed by atoms with E-state index in [0.29, 0.717) is 12.8 Å². The Labute approximate surface area is 822 Å². The summed E-state index contributed by atoms with van der Waals surface area (Å²) in [7, 11) is 0. The number of hydrogen-bond acceptors (Lipinski definition) is 31. The minimum Gasteiger partial charge on any atom is -0.481 e. The summed E-state index contributed by atoms with van der Waals surface area (Å²) in [4.78, 5) is 302. The molecular weight excluding hydrogens is 1900 g/mol. The molecule has 0 spiro atoms. The number of carbonyl (C=O) groups is 22. The van der Waals surface area contributed by atoms with Crippen LogP contribution in [0.1, 0.15) is 194 Å². The van der Waals surface area contributed by atoms with Crippen molar-refractivity contribution in [2.45, 2.75) is 290 Å². The lowest BCUT2D eigenvalue weighted by molar-refractivity contribution is -0.144. The Morgan fingerprint density at radius 3 is 0.950 bits per heavy atom. The molecule has 1 aliphatic heterocycles. The second kappa shape index (κ2) is 68.7. The molecule has 1 aliphatic rings. The number of guanidine groups is 3. The molecule has 0 aromatic carbocycles. The van der Waals surface area contributed by atoms with Crippen LogP contribution in [0.25, 0.3) is 0 Å². The van der Waals surface area contributed by atoms with Crippen molar-refractivity contribution in [1.29, 1.82) is 16.2 Å². The Kier molecular flexibility index (Phi) is 61.2. The first-order chi connectivity index (χ1) is 66.5. The normalized spacial score (nSPS) is 15.5. The Balaban J connectivity index is 3.95. The van der Waals surface area contributed by atoms with E-state index >= 15 is 0 Å². The van der Waals surface area contributed by atoms with Crippen molar-refractivity contribution < 1.29 is 136 Å². The van der Waals surface area contributed by atoms with Gasteiger partial charge >= 0.3 is 35.8 Å². The molecule has 42 N–H and O–H groups in total. The topological polar surface area (TPSA) is 984 Å². The third-order valence-corrected chi connectivity index (χ3v) is 22.9. The van der Waals surface area contributed by atoms with Crippen LogP contribution < -0.4 is 136 Å². The van der Waals surface area contributed by atoms with Gasteiger partial charge in [0, 0.05) is 51.2 Å². The molecule has 57 nitrogen and oxygen atoms in total. The van der Waals surface area contributed by atoms with Gasteiger partial charge in [-0.05, 0) is 172 Å². The Bertz CT molecular complexity index is 4260. The van der Waals surface area contributed by atoms with Gasteiger partial charge in [-0.2, -0.15) is 24.4 Å². The summed E-state index contributed by atoms with van der Waals surface area (Å²) in [6, 6.07) is -27.7. The average molecular weight is 2050 g/mol. The van der Waals surface area contributed by atoms with Crippen molar-refractivity contribution in [3.8, 4) is 0 Å². The van der Waals surface area contributed by atoms with Crippen LogP contribution in [-0.4, -0.2) is 344 Å². The van der Waals surface area contributed by atoms with Crippen LogP contribution in [0, 0.1) is 22.1 Å². The lowest BCUT2D eigenvalue weighted by atomic mass is 9.96. The van der Waals surface area contributed by atoms with Crippen LogP contribution in [-0.2, 0) is 105 Å². The van der Waals surface area contributed by atoms with E-state index in [-0.39, 0.29) is 166 Å². The minimum atomic E-state index is -2.28. The van der Waals surface area contributed by atoms with Crippen molar-refractivity contribution >= 4 is 173 Å². The second-order valence-electron chi connectivity index (χ2n) is 33.2. The highest BCUT2D eigenvalue weighted by molar-refractivity contribution is 7.98. The van der Waals surface area contributed by atoms with Crippen LogP contribution >= 0.6 is 24.4 Å². The number of carboxylic acids is 6. The summed E-state index contributed by atoms with van der Waals surface area (Å²) < 4.78 is 0. The molecule has 1 rings (SSSR count). The summed E-state index contributed by atoms with van der Waals surface area (Å²) in [6.07, 6.45) is -6.76. The van der Waals surface area contributed by atoms with Gasteiger partial charge in [-0.3, -0.25) is 117 Å². The summed E-state index contributed by atoms with van der Waals surface area (Å²) in [5, 5.41) is 123. The number of likely N-dealkylation sites (tertiary alicyclic amines) is 1. The summed E-state index contributed by atoms with van der Waals surface area (Å²) in [5.74, 6) is -30.6. The van der Waals surface area contributed by atoms with Crippen molar-refractivity contribution in [1.82, 2.24) is 95.3 Å². The summed E-state index contributed by atoms with van der Waals surface area (Å²) in [5.41, 5.74) is 45.0. The van der Waals surface area contributed by atoms with E-state index in [1.54, 1.807) is 20.1 Å². The van der Waals surface area contributed by atoms with Gasteiger partial charge in [-0.25, -0.2) is 4.79 Å². The van der Waals surface area contributed by atoms with E-state index in [9.17, 15) is 136 Å². The average Bonchev–Trinajstić information content (AvgIpc) is 1.68. The van der Waals surface area contributed by atoms with Crippen molar-refractivity contribution in [2.24, 2.45) is 51.8 Å². The van der Waals surface area contributed by atoms with Crippen LogP contribution in [0.3, 0.4) is 0 Å². The van der Waals surface area contributed by atoms with Gasteiger partial charge in [-0.15, -0.1) is 0 Å². The number of primary amides is 1. The van der Waals surface area contributed by atoms with Gasteiger partial charge in [0.25, 0.3) is 0 Å². The van der Waals surface area contributed by atoms with Crippen LogP contribution in [0.5, 0.6) is 0 Å². The Morgan fingerprint density at radius 2 is 0.652 bits per heavy atom. The monoisotopic (exact) mass is 2050 g/mol. The van der Waals surface area contributed by atoms with Crippen molar-refractivity contribution in [2.75, 3.05) is 63.6 Å². The number of aliphatic carboxylic acids is 6. The molecule has 796 valence electrons. The largest absolute Gasteiger partial charge is 0.481 e. The first-order valence-electron chi connectivity index (χ1n) is 45.8. The van der Waals surface area contributed by atoms with E-state index in [4.69, 9.17) is 62.1 Å². The van der Waals surface area contributed by atoms with Crippen LogP contribution in [0.15, 0.2) is 0 Å². The summed E-state index contributed by atoms with van der Waals surface area (Å²) >= 11 is 5.11. The number of hydrogen-bond donors (Lipinski definition) is 35. The van der Waals surface area contributed by atoms with E-state index in [0.717, 1.165) is 4.90 Å². The van der Waals surface area contributed by atoms with Gasteiger partial charge < -0.3 is 172 Å². The maximum Gasteiger partial charge on any atom is 0.327 e. The van der Waals surface area contributed by atoms with E-state index in [1.807, 2.05) is 0 Å². The quantitative estimate of drug-likeness (QED) is 0.0116. The fraction of sp³-hybridized carbons (Fsp3) is 0.695. The fourth-order valence-electron chi connectivity index (χ4n) is 14.0. The smallest absolute Gasteiger partial charge is 0.327 e. The highest BCUT2D eigenvalue weighted by Gasteiger charge is 2.44. The number of unbranched alkanes of at least 4 members (excludes halogenated alkanes) is 3. The molecular formula is C82H143N29O28S2. The zero-order valence-corrected chi connectivity index (χ0v) is 80.8. The van der Waals surface area contributed by atoms with Gasteiger partial charge in [-0.1, -0.05) is 20.3 Å². The number of amides is 16. The number of rotatable bonds is 75. The SMILES string of the molecule is CC[C@H](C)[C@H](NC(=O)[C@H](CCCCN)NC(=O)[C@H](CC(=O)O)NC(=O)[C@@H](N)CCCNC(=N)N)C(=O)N1CCC[C@H]1C(=O)N[C@@H](CCC(=O)O)C(=O)N[C@@H](CCC(=O)O)C(=O)N[C@@H](CC(=O)O)C(=O)N[C@@H](CCCNC(=N)N)C(=O)N[C@@H](CCCNC(=N)N)C(=O)N[C@@H](CCCCN)C(=O)N[C@@H](CCSC)C(=O)N[C@@H](CCC(N)=O)C(=O)N[C@@H](CC(=O)O)C(=O)N[C@@H](CCCCN)C(=O)N[C@@H](CS)C(=O)O. The predicted octanol–water partition coefficient (Wildman–Crippen LogP) is -10.5. The zero-order chi connectivity index (χ0) is 107. The number of thiol groups is 1. The molecule has 141 heavy (non-hydrogen) atoms. The molecule has 0 aliphatic carbocycles. The zero-order valence-electron chi connectivity index (χ0n) is 79.1. The van der Waals surface area contributed by atoms with Gasteiger partial charge in [0.1, 0.15) is 90.6 Å². The number of nitrogens with two attached hydrogens (primary N) is 8. The van der Waals surface area contributed by atoms with Crippen molar-refractivity contribution in [3.63, 3.8) is 0 Å². The lowest BCUT2D eigenvalue weighted by Gasteiger charge is -2.33. The van der Waals surface area contributed by atoms with E-state index < -0.39 is 309 Å². The first-order valence-corrected chi connectivity index (χ1v) is 47.9. The highest BCUT2D eigenvalue weighted by atomic mass is 32.2. The van der Waals surface area contributed by atoms with Crippen molar-refractivity contribution in [3.05, 3.63) is 0 Å². The second-order valence-corrected chi connectivity index (χ2v) is 34.6. The molecule has 1 saturated heterocycles. The maximum absolute atomic E-state index is 14.9.